The summed E-state index contributed by atoms with van der Waals surface area (Å²) in [6, 6.07) is 3.89. The van der Waals surface area contributed by atoms with Crippen LogP contribution in [-0.4, -0.2) is 0 Å². The third-order valence-corrected chi connectivity index (χ3v) is 3.19. The van der Waals surface area contributed by atoms with Crippen molar-refractivity contribution < 1.29 is 9.15 Å². The van der Waals surface area contributed by atoms with Gasteiger partial charge in [-0.25, -0.2) is 0 Å². The molecule has 0 spiro atoms. The third-order valence-electron chi connectivity index (χ3n) is 2.20. The van der Waals surface area contributed by atoms with Crippen LogP contribution in [0.5, 0.6) is 0 Å². The average molecular weight is 246 g/mol. The molecule has 0 atom stereocenters. The van der Waals surface area contributed by atoms with Gasteiger partial charge in [0, 0.05) is 18.7 Å². The minimum atomic E-state index is 0. The highest BCUT2D eigenvalue weighted by Gasteiger charge is 2.21. The third kappa shape index (κ3) is 2.01. The lowest BCUT2D eigenvalue weighted by Crippen LogP contribution is -2.29. The topological polar surface area (TPSA) is 40.1 Å². The minimum absolute atomic E-state index is 0. The van der Waals surface area contributed by atoms with E-state index in [0.717, 1.165) is 9.61 Å². The molecule has 15 heavy (non-hydrogen) atoms. The Morgan fingerprint density at radius 1 is 1.27 bits per heavy atom. The second kappa shape index (κ2) is 4.24. The normalized spacial score (nSPS) is 10.1. The van der Waals surface area contributed by atoms with Crippen molar-refractivity contribution in [3.05, 3.63) is 33.7 Å². The van der Waals surface area contributed by atoms with Crippen molar-refractivity contribution in [1.82, 2.24) is 0 Å². The van der Waals surface area contributed by atoms with E-state index in [-0.39, 0.29) is 12.4 Å². The van der Waals surface area contributed by atoms with Gasteiger partial charge in [-0.2, -0.15) is 0 Å². The van der Waals surface area contributed by atoms with E-state index in [0.29, 0.717) is 17.3 Å². The maximum absolute atomic E-state index is 11.6. The highest BCUT2D eigenvalue weighted by molar-refractivity contribution is 7.15. The summed E-state index contributed by atoms with van der Waals surface area (Å²) in [5, 5.41) is 11.6. The van der Waals surface area contributed by atoms with Crippen LogP contribution in [0.15, 0.2) is 16.5 Å². The molecule has 82 valence electrons. The van der Waals surface area contributed by atoms with Crippen LogP contribution < -0.4 is 4.73 Å². The van der Waals surface area contributed by atoms with Crippen LogP contribution in [0.25, 0.3) is 10.8 Å². The first-order valence-electron chi connectivity index (χ1n) is 4.36. The van der Waals surface area contributed by atoms with Gasteiger partial charge in [-0.15, -0.1) is 28.5 Å². The highest BCUT2D eigenvalue weighted by atomic mass is 35.5. The van der Waals surface area contributed by atoms with Crippen LogP contribution >= 0.6 is 23.7 Å². The number of hydrogen-bond donors (Lipinski definition) is 0. The number of thiophene rings is 1. The largest absolute Gasteiger partial charge is 0.616 e. The quantitative estimate of drug-likeness (QED) is 0.572. The van der Waals surface area contributed by atoms with E-state index in [2.05, 4.69) is 0 Å². The zero-order chi connectivity index (χ0) is 10.3. The van der Waals surface area contributed by atoms with Gasteiger partial charge >= 0.3 is 5.89 Å². The van der Waals surface area contributed by atoms with Crippen LogP contribution in [0.4, 0.5) is 0 Å². The highest BCUT2D eigenvalue weighted by Crippen LogP contribution is 2.26. The Morgan fingerprint density at radius 3 is 2.33 bits per heavy atom. The summed E-state index contributed by atoms with van der Waals surface area (Å²) in [6.07, 6.45) is 0. The molecular formula is C10H12ClNO2S. The first-order valence-corrected chi connectivity index (χ1v) is 5.17. The molecule has 0 saturated heterocycles. The summed E-state index contributed by atoms with van der Waals surface area (Å²) in [6.45, 7) is 5.56. The monoisotopic (exact) mass is 245 g/mol. The Labute approximate surface area is 98.3 Å². The minimum Gasteiger partial charge on any atom is -0.616 e. The van der Waals surface area contributed by atoms with Crippen molar-refractivity contribution in [3.8, 4) is 10.8 Å². The molecule has 2 rings (SSSR count). The summed E-state index contributed by atoms with van der Waals surface area (Å²) in [5.74, 6) is 1.08. The zero-order valence-electron chi connectivity index (χ0n) is 8.73. The number of aromatic nitrogens is 1. The molecule has 0 aliphatic rings. The SMILES string of the molecule is Cc1ccc(-c2oc(C)c(C)[n+]2[O-])s1.Cl. The molecule has 0 fully saturated rings. The van der Waals surface area contributed by atoms with E-state index < -0.39 is 0 Å². The molecule has 5 heteroatoms. The van der Waals surface area contributed by atoms with Crippen LogP contribution in [0.2, 0.25) is 0 Å². The summed E-state index contributed by atoms with van der Waals surface area (Å²) in [4.78, 5) is 2.06. The predicted octanol–water partition coefficient (Wildman–Crippen LogP) is 2.99. The lowest BCUT2D eigenvalue weighted by molar-refractivity contribution is -0.602. The number of nitrogens with zero attached hydrogens (tertiary/aromatic N) is 1. The zero-order valence-corrected chi connectivity index (χ0v) is 10.4. The summed E-state index contributed by atoms with van der Waals surface area (Å²) in [5.41, 5.74) is 0.631. The number of rotatable bonds is 1. The molecule has 2 aromatic rings. The Balaban J connectivity index is 0.00000112. The Hall–Kier alpha value is -1.00. The average Bonchev–Trinajstić information content (AvgIpc) is 2.66. The van der Waals surface area contributed by atoms with Crippen LogP contribution in [0.1, 0.15) is 16.3 Å². The smallest absolute Gasteiger partial charge is 0.402 e. The number of hydrogen-bond acceptors (Lipinski definition) is 3. The van der Waals surface area contributed by atoms with Crippen molar-refractivity contribution >= 4 is 23.7 Å². The Bertz CT molecular complexity index is 476. The van der Waals surface area contributed by atoms with Crippen molar-refractivity contribution in [2.45, 2.75) is 20.8 Å². The van der Waals surface area contributed by atoms with E-state index in [1.54, 1.807) is 25.2 Å². The van der Waals surface area contributed by atoms with Crippen LogP contribution in [0.3, 0.4) is 0 Å². The second-order valence-electron chi connectivity index (χ2n) is 3.25. The molecule has 0 radical (unpaired) electrons. The summed E-state index contributed by atoms with van der Waals surface area (Å²) < 4.78 is 6.25. The molecule has 0 amide bonds. The number of oxazole rings is 1. The lowest BCUT2D eigenvalue weighted by Gasteiger charge is -1.93. The summed E-state index contributed by atoms with van der Waals surface area (Å²) >= 11 is 1.56. The van der Waals surface area contributed by atoms with Gasteiger partial charge in [-0.05, 0) is 19.1 Å². The van der Waals surface area contributed by atoms with E-state index in [9.17, 15) is 5.21 Å². The molecule has 0 saturated carbocycles. The second-order valence-corrected chi connectivity index (χ2v) is 4.54. The van der Waals surface area contributed by atoms with Crippen LogP contribution in [0, 0.1) is 26.0 Å². The number of halogens is 1. The van der Waals surface area contributed by atoms with Crippen molar-refractivity contribution in [2.24, 2.45) is 0 Å². The van der Waals surface area contributed by atoms with Crippen molar-refractivity contribution in [1.29, 1.82) is 0 Å². The first kappa shape index (κ1) is 12.1. The van der Waals surface area contributed by atoms with Gasteiger partial charge in [0.25, 0.3) is 0 Å². The fourth-order valence-electron chi connectivity index (χ4n) is 1.26. The van der Waals surface area contributed by atoms with Gasteiger partial charge in [-0.1, -0.05) is 0 Å². The molecule has 0 bridgehead atoms. The molecule has 0 N–H and O–H groups in total. The molecular weight excluding hydrogens is 234 g/mol. The van der Waals surface area contributed by atoms with Gasteiger partial charge in [0.05, 0.1) is 0 Å². The summed E-state index contributed by atoms with van der Waals surface area (Å²) in [7, 11) is 0. The molecule has 0 unspecified atom stereocenters. The van der Waals surface area contributed by atoms with Gasteiger partial charge in [-0.3, -0.25) is 0 Å². The lowest BCUT2D eigenvalue weighted by atomic mass is 10.4. The molecule has 0 aliphatic heterocycles. The molecule has 0 aromatic carbocycles. The number of aryl methyl sites for hydroxylation is 2. The van der Waals surface area contributed by atoms with Gasteiger partial charge in [0.2, 0.25) is 5.69 Å². The van der Waals surface area contributed by atoms with Crippen molar-refractivity contribution in [3.63, 3.8) is 0 Å². The first-order chi connectivity index (χ1) is 6.59. The van der Waals surface area contributed by atoms with E-state index in [4.69, 9.17) is 4.42 Å². The maximum Gasteiger partial charge on any atom is 0.402 e. The predicted molar refractivity (Wildman–Crippen MR) is 62.4 cm³/mol. The van der Waals surface area contributed by atoms with Gasteiger partial charge in [0.15, 0.2) is 5.76 Å². The molecule has 3 nitrogen and oxygen atoms in total. The fourth-order valence-corrected chi connectivity index (χ4v) is 2.09. The maximum atomic E-state index is 11.6. The molecule has 0 aliphatic carbocycles. The Morgan fingerprint density at radius 2 is 1.93 bits per heavy atom. The van der Waals surface area contributed by atoms with Crippen LogP contribution in [-0.2, 0) is 0 Å². The molecule has 2 heterocycles. The van der Waals surface area contributed by atoms with E-state index in [1.165, 1.54) is 4.88 Å². The molecule has 2 aromatic heterocycles. The van der Waals surface area contributed by atoms with E-state index >= 15 is 0 Å². The van der Waals surface area contributed by atoms with Gasteiger partial charge in [0.1, 0.15) is 4.88 Å². The van der Waals surface area contributed by atoms with Gasteiger partial charge < -0.3 is 9.62 Å². The standard InChI is InChI=1S/C10H11NO2S.ClH/c1-6-4-5-9(14-6)10-11(12)7(2)8(3)13-10;/h4-5H,1-3H3;1H. The Kier molecular flexibility index (Phi) is 3.42. The fraction of sp³-hybridized carbons (Fsp3) is 0.300. The van der Waals surface area contributed by atoms with E-state index in [1.807, 2.05) is 19.1 Å². The van der Waals surface area contributed by atoms with Crippen molar-refractivity contribution in [2.75, 3.05) is 0 Å².